The van der Waals surface area contributed by atoms with Gasteiger partial charge < -0.3 is 4.74 Å². The normalized spacial score (nSPS) is 19.4. The van der Waals surface area contributed by atoms with E-state index >= 15 is 0 Å². The third-order valence-electron chi connectivity index (χ3n) is 5.43. The molecule has 0 saturated heterocycles. The smallest absolute Gasteiger partial charge is 0.479 e. The van der Waals surface area contributed by atoms with Crippen molar-refractivity contribution in [1.29, 1.82) is 0 Å². The van der Waals surface area contributed by atoms with Crippen LogP contribution >= 0.6 is 8.25 Å². The minimum Gasteiger partial charge on any atom is -0.479 e. The minimum absolute atomic E-state index is 0.211. The summed E-state index contributed by atoms with van der Waals surface area (Å²) in [5, 5.41) is 0. The Kier molecular flexibility index (Phi) is 10.1. The third kappa shape index (κ3) is 8.38. The summed E-state index contributed by atoms with van der Waals surface area (Å²) in [6, 6.07) is 8.92. The van der Waals surface area contributed by atoms with Crippen LogP contribution in [-0.2, 0) is 26.7 Å². The molecule has 5 nitrogen and oxygen atoms in total. The van der Waals surface area contributed by atoms with Crippen LogP contribution in [-0.4, -0.2) is 29.5 Å². The summed E-state index contributed by atoms with van der Waals surface area (Å²) in [5.41, 5.74) is 2.35. The molecule has 0 aromatic heterocycles. The summed E-state index contributed by atoms with van der Waals surface area (Å²) in [4.78, 5) is 13.5. The molecule has 0 bridgehead atoms. The minimum atomic E-state index is -2.56. The standard InChI is InChI=1S/C22H34NO4P/c1-3-4-5-6-7-8-9-20-10-12-21(13-11-20)14-15-22(16-17-27-28(24)25)18-26-19(2)23-22/h10-13H,3-9,14-18H2,1-2H3/p+1. The summed E-state index contributed by atoms with van der Waals surface area (Å²) in [6.07, 6.45) is 11.5. The molecule has 1 aromatic rings. The maximum absolute atomic E-state index is 10.8. The van der Waals surface area contributed by atoms with E-state index in [0.29, 0.717) is 18.9 Å². The highest BCUT2D eigenvalue weighted by Gasteiger charge is 2.36. The second kappa shape index (κ2) is 12.3. The molecule has 2 rings (SSSR count). The lowest BCUT2D eigenvalue weighted by atomic mass is 9.89. The van der Waals surface area contributed by atoms with Gasteiger partial charge in [-0.05, 0) is 36.8 Å². The largest absolute Gasteiger partial charge is 0.694 e. The van der Waals surface area contributed by atoms with Gasteiger partial charge >= 0.3 is 8.25 Å². The lowest BCUT2D eigenvalue weighted by Crippen LogP contribution is -2.30. The number of rotatable bonds is 14. The highest BCUT2D eigenvalue weighted by atomic mass is 31.1. The molecule has 1 N–H and O–H groups in total. The van der Waals surface area contributed by atoms with E-state index in [0.717, 1.165) is 19.3 Å². The van der Waals surface area contributed by atoms with Gasteiger partial charge in [0.25, 0.3) is 0 Å². The van der Waals surface area contributed by atoms with Crippen molar-refractivity contribution in [3.05, 3.63) is 35.4 Å². The average Bonchev–Trinajstić information content (AvgIpc) is 3.05. The van der Waals surface area contributed by atoms with Crippen LogP contribution in [0.1, 0.15) is 76.3 Å². The molecule has 2 unspecified atom stereocenters. The van der Waals surface area contributed by atoms with Crippen LogP contribution in [0.3, 0.4) is 0 Å². The predicted molar refractivity (Wildman–Crippen MR) is 114 cm³/mol. The molecule has 0 amide bonds. The molecule has 28 heavy (non-hydrogen) atoms. The summed E-state index contributed by atoms with van der Waals surface area (Å²) in [5.74, 6) is 0.683. The van der Waals surface area contributed by atoms with Gasteiger partial charge in [0, 0.05) is 17.9 Å². The van der Waals surface area contributed by atoms with Crippen molar-refractivity contribution in [2.75, 3.05) is 13.2 Å². The van der Waals surface area contributed by atoms with Gasteiger partial charge in [-0.15, -0.1) is 9.42 Å². The molecule has 0 spiro atoms. The van der Waals surface area contributed by atoms with Crippen LogP contribution in [0, 0.1) is 0 Å². The van der Waals surface area contributed by atoms with E-state index in [1.165, 1.54) is 49.7 Å². The lowest BCUT2D eigenvalue weighted by Gasteiger charge is -2.23. The highest BCUT2D eigenvalue weighted by Crippen LogP contribution is 2.30. The van der Waals surface area contributed by atoms with Gasteiger partial charge in [-0.3, -0.25) is 0 Å². The van der Waals surface area contributed by atoms with Crippen molar-refractivity contribution in [3.8, 4) is 0 Å². The highest BCUT2D eigenvalue weighted by molar-refractivity contribution is 7.32. The van der Waals surface area contributed by atoms with Crippen LogP contribution in [0.4, 0.5) is 0 Å². The summed E-state index contributed by atoms with van der Waals surface area (Å²) in [6.45, 7) is 4.83. The molecule has 0 aliphatic carbocycles. The zero-order valence-corrected chi connectivity index (χ0v) is 18.3. The number of aryl methyl sites for hydroxylation is 2. The van der Waals surface area contributed by atoms with Gasteiger partial charge in [0.2, 0.25) is 0 Å². The second-order valence-corrected chi connectivity index (χ2v) is 8.53. The molecule has 0 fully saturated rings. The topological polar surface area (TPSA) is 68.1 Å². The molecule has 0 radical (unpaired) electrons. The first-order valence-electron chi connectivity index (χ1n) is 10.6. The van der Waals surface area contributed by atoms with Gasteiger partial charge in [0.15, 0.2) is 5.90 Å². The SMILES string of the molecule is CCCCCCCCc1ccc(CCC2(CCO[P+](=O)O)COC(C)=N2)cc1. The van der Waals surface area contributed by atoms with E-state index in [2.05, 4.69) is 36.2 Å². The Hall–Kier alpha value is -1.29. The maximum Gasteiger partial charge on any atom is 0.694 e. The van der Waals surface area contributed by atoms with E-state index in [1.807, 2.05) is 6.92 Å². The van der Waals surface area contributed by atoms with Gasteiger partial charge in [0.1, 0.15) is 18.8 Å². The lowest BCUT2D eigenvalue weighted by molar-refractivity contribution is 0.192. The Balaban J connectivity index is 1.77. The second-order valence-electron chi connectivity index (χ2n) is 7.80. The van der Waals surface area contributed by atoms with Gasteiger partial charge in [-0.2, -0.15) is 0 Å². The Labute approximate surface area is 170 Å². The molecule has 1 aliphatic heterocycles. The fourth-order valence-corrected chi connectivity index (χ4v) is 3.94. The number of hydrogen-bond donors (Lipinski definition) is 1. The molecule has 6 heteroatoms. The first-order valence-corrected chi connectivity index (χ1v) is 11.7. The summed E-state index contributed by atoms with van der Waals surface area (Å²) in [7, 11) is -2.56. The molecular weight excluding hydrogens is 373 g/mol. The van der Waals surface area contributed by atoms with E-state index in [4.69, 9.17) is 14.2 Å². The molecule has 156 valence electrons. The van der Waals surface area contributed by atoms with Crippen LogP contribution in [0.5, 0.6) is 0 Å². The van der Waals surface area contributed by atoms with Crippen LogP contribution in [0.2, 0.25) is 0 Å². The molecular formula is C22H35NO4P+. The monoisotopic (exact) mass is 408 g/mol. The van der Waals surface area contributed by atoms with Crippen molar-refractivity contribution in [3.63, 3.8) is 0 Å². The van der Waals surface area contributed by atoms with Crippen molar-refractivity contribution in [2.24, 2.45) is 4.99 Å². The zero-order valence-electron chi connectivity index (χ0n) is 17.4. The van der Waals surface area contributed by atoms with Crippen molar-refractivity contribution in [2.45, 2.75) is 83.6 Å². The Morgan fingerprint density at radius 1 is 1.07 bits per heavy atom. The van der Waals surface area contributed by atoms with Crippen LogP contribution in [0.15, 0.2) is 29.3 Å². The van der Waals surface area contributed by atoms with Gasteiger partial charge in [-0.1, -0.05) is 63.3 Å². The van der Waals surface area contributed by atoms with Gasteiger partial charge in [0.05, 0.1) is 0 Å². The number of aliphatic imine (C=N–C) groups is 1. The predicted octanol–water partition coefficient (Wildman–Crippen LogP) is 5.77. The van der Waals surface area contributed by atoms with Crippen LogP contribution < -0.4 is 0 Å². The third-order valence-corrected chi connectivity index (χ3v) is 5.84. The molecule has 1 aliphatic rings. The Bertz CT molecular complexity index is 632. The van der Waals surface area contributed by atoms with E-state index in [-0.39, 0.29) is 12.1 Å². The molecule has 2 atom stereocenters. The fourth-order valence-electron chi connectivity index (χ4n) is 3.69. The molecule has 1 heterocycles. The maximum atomic E-state index is 10.8. The fraction of sp³-hybridized carbons (Fsp3) is 0.682. The van der Waals surface area contributed by atoms with E-state index < -0.39 is 8.25 Å². The first kappa shape index (κ1) is 23.0. The molecule has 1 aromatic carbocycles. The average molecular weight is 408 g/mol. The Morgan fingerprint density at radius 3 is 2.32 bits per heavy atom. The Morgan fingerprint density at radius 2 is 1.71 bits per heavy atom. The van der Waals surface area contributed by atoms with Gasteiger partial charge in [-0.25, -0.2) is 4.99 Å². The van der Waals surface area contributed by atoms with Crippen molar-refractivity contribution >= 4 is 14.2 Å². The number of hydrogen-bond acceptors (Lipinski definition) is 4. The zero-order chi connectivity index (χ0) is 20.2. The number of nitrogens with zero attached hydrogens (tertiary/aromatic N) is 1. The van der Waals surface area contributed by atoms with E-state index in [1.54, 1.807) is 0 Å². The summed E-state index contributed by atoms with van der Waals surface area (Å²) >= 11 is 0. The summed E-state index contributed by atoms with van der Waals surface area (Å²) < 4.78 is 21.2. The number of benzene rings is 1. The number of unbranched alkanes of at least 4 members (excludes halogenated alkanes) is 5. The van der Waals surface area contributed by atoms with Crippen LogP contribution in [0.25, 0.3) is 0 Å². The molecule has 0 saturated carbocycles. The quantitative estimate of drug-likeness (QED) is 0.314. The first-order chi connectivity index (χ1) is 13.5. The number of ether oxygens (including phenoxy) is 1. The van der Waals surface area contributed by atoms with Crippen molar-refractivity contribution < 1.29 is 18.7 Å². The van der Waals surface area contributed by atoms with Crippen molar-refractivity contribution in [1.82, 2.24) is 0 Å². The van der Waals surface area contributed by atoms with E-state index in [9.17, 15) is 4.57 Å².